The van der Waals surface area contributed by atoms with Crippen LogP contribution in [-0.4, -0.2) is 10.9 Å². The number of pyridine rings is 1. The molecule has 0 aliphatic rings. The standard InChI is InChI=1S/C18H16BrN3O/c1-12-6-3-4-8-16(12)13(2)21-18(23)14(11-20)10-15-7-5-9-17(19)22-15/h3-10,13H,1-2H3,(H,21,23)/b14-10+/t13-/m0/s1. The van der Waals surface area contributed by atoms with Gasteiger partial charge in [-0.25, -0.2) is 4.98 Å². The fourth-order valence-electron chi connectivity index (χ4n) is 2.23. The van der Waals surface area contributed by atoms with Crippen LogP contribution in [0.2, 0.25) is 0 Å². The number of nitrogens with zero attached hydrogens (tertiary/aromatic N) is 2. The van der Waals surface area contributed by atoms with Crippen molar-refractivity contribution < 1.29 is 4.79 Å². The number of nitrogens with one attached hydrogen (secondary N) is 1. The Kier molecular flexibility index (Phi) is 5.67. The number of aryl methyl sites for hydroxylation is 1. The highest BCUT2D eigenvalue weighted by Gasteiger charge is 2.15. The summed E-state index contributed by atoms with van der Waals surface area (Å²) in [7, 11) is 0. The van der Waals surface area contributed by atoms with Crippen molar-refractivity contribution in [3.05, 3.63) is 69.5 Å². The summed E-state index contributed by atoms with van der Waals surface area (Å²) in [6, 6.07) is 14.9. The lowest BCUT2D eigenvalue weighted by Gasteiger charge is -2.16. The quantitative estimate of drug-likeness (QED) is 0.504. The van der Waals surface area contributed by atoms with Gasteiger partial charge in [0.2, 0.25) is 0 Å². The van der Waals surface area contributed by atoms with Gasteiger partial charge in [0, 0.05) is 0 Å². The van der Waals surface area contributed by atoms with Gasteiger partial charge < -0.3 is 5.32 Å². The first-order valence-electron chi connectivity index (χ1n) is 7.12. The predicted molar refractivity (Wildman–Crippen MR) is 93.3 cm³/mol. The Morgan fingerprint density at radius 3 is 2.70 bits per heavy atom. The summed E-state index contributed by atoms with van der Waals surface area (Å²) in [4.78, 5) is 16.5. The number of carbonyl (C=O) groups excluding carboxylic acids is 1. The summed E-state index contributed by atoms with van der Waals surface area (Å²) in [5.41, 5.74) is 2.70. The normalized spacial score (nSPS) is 12.3. The molecule has 0 aliphatic heterocycles. The summed E-state index contributed by atoms with van der Waals surface area (Å²) < 4.78 is 0.650. The number of halogens is 1. The van der Waals surface area contributed by atoms with Gasteiger partial charge >= 0.3 is 0 Å². The highest BCUT2D eigenvalue weighted by atomic mass is 79.9. The lowest BCUT2D eigenvalue weighted by Crippen LogP contribution is -2.28. The smallest absolute Gasteiger partial charge is 0.262 e. The molecule has 2 aromatic rings. The first-order chi connectivity index (χ1) is 11.0. The summed E-state index contributed by atoms with van der Waals surface area (Å²) in [6.45, 7) is 3.89. The number of amides is 1. The highest BCUT2D eigenvalue weighted by molar-refractivity contribution is 9.10. The molecule has 5 heteroatoms. The van der Waals surface area contributed by atoms with E-state index in [1.165, 1.54) is 6.08 Å². The second kappa shape index (κ2) is 7.70. The van der Waals surface area contributed by atoms with Crippen molar-refractivity contribution in [3.8, 4) is 6.07 Å². The van der Waals surface area contributed by atoms with E-state index >= 15 is 0 Å². The maximum absolute atomic E-state index is 12.3. The summed E-state index contributed by atoms with van der Waals surface area (Å²) >= 11 is 3.27. The number of rotatable bonds is 4. The van der Waals surface area contributed by atoms with Crippen LogP contribution < -0.4 is 5.32 Å². The molecule has 4 nitrogen and oxygen atoms in total. The number of carbonyl (C=O) groups is 1. The number of nitriles is 1. The van der Waals surface area contributed by atoms with E-state index in [-0.39, 0.29) is 11.6 Å². The molecule has 2 rings (SSSR count). The van der Waals surface area contributed by atoms with Gasteiger partial charge in [0.15, 0.2) is 0 Å². The van der Waals surface area contributed by atoms with Crippen molar-refractivity contribution >= 4 is 27.9 Å². The van der Waals surface area contributed by atoms with E-state index in [1.807, 2.05) is 44.2 Å². The average molecular weight is 370 g/mol. The molecule has 0 bridgehead atoms. The van der Waals surface area contributed by atoms with E-state index in [0.29, 0.717) is 10.3 Å². The van der Waals surface area contributed by atoms with Gasteiger partial charge in [0.05, 0.1) is 11.7 Å². The van der Waals surface area contributed by atoms with Gasteiger partial charge in [-0.05, 0) is 59.1 Å². The molecule has 1 aromatic heterocycles. The molecular weight excluding hydrogens is 354 g/mol. The third-order valence-electron chi connectivity index (χ3n) is 3.40. The predicted octanol–water partition coefficient (Wildman–Crippen LogP) is 3.94. The minimum atomic E-state index is -0.412. The zero-order valence-corrected chi connectivity index (χ0v) is 14.5. The van der Waals surface area contributed by atoms with Crippen LogP contribution in [0.15, 0.2) is 52.6 Å². The SMILES string of the molecule is Cc1ccccc1[C@H](C)NC(=O)/C(C#N)=C/c1cccc(Br)n1. The number of aromatic nitrogens is 1. The molecule has 0 saturated heterocycles. The molecule has 0 unspecified atom stereocenters. The minimum absolute atomic E-state index is 0.0241. The van der Waals surface area contributed by atoms with Gasteiger partial charge in [-0.15, -0.1) is 0 Å². The van der Waals surface area contributed by atoms with Crippen molar-refractivity contribution in [3.63, 3.8) is 0 Å². The molecular formula is C18H16BrN3O. The van der Waals surface area contributed by atoms with Crippen LogP contribution in [0.3, 0.4) is 0 Å². The number of benzene rings is 1. The average Bonchev–Trinajstić information content (AvgIpc) is 2.52. The lowest BCUT2D eigenvalue weighted by atomic mass is 10.0. The molecule has 0 radical (unpaired) electrons. The van der Waals surface area contributed by atoms with Crippen molar-refractivity contribution in [2.45, 2.75) is 19.9 Å². The van der Waals surface area contributed by atoms with E-state index in [2.05, 4.69) is 26.2 Å². The summed E-state index contributed by atoms with van der Waals surface area (Å²) in [5.74, 6) is -0.412. The van der Waals surface area contributed by atoms with Gasteiger partial charge in [0.25, 0.3) is 5.91 Å². The highest BCUT2D eigenvalue weighted by Crippen LogP contribution is 2.17. The van der Waals surface area contributed by atoms with Crippen LogP contribution in [0.5, 0.6) is 0 Å². The Bertz CT molecular complexity index is 793. The molecule has 0 spiro atoms. The Morgan fingerprint density at radius 1 is 1.30 bits per heavy atom. The molecule has 1 heterocycles. The van der Waals surface area contributed by atoms with Crippen molar-refractivity contribution in [1.29, 1.82) is 5.26 Å². The topological polar surface area (TPSA) is 65.8 Å². The van der Waals surface area contributed by atoms with Crippen LogP contribution >= 0.6 is 15.9 Å². The van der Waals surface area contributed by atoms with Gasteiger partial charge in [-0.2, -0.15) is 5.26 Å². The van der Waals surface area contributed by atoms with E-state index in [0.717, 1.165) is 11.1 Å². The second-order valence-corrected chi connectivity index (χ2v) is 5.92. The third kappa shape index (κ3) is 4.51. The molecule has 0 fully saturated rings. The van der Waals surface area contributed by atoms with Crippen LogP contribution in [0.1, 0.15) is 29.8 Å². The first-order valence-corrected chi connectivity index (χ1v) is 7.91. The molecule has 23 heavy (non-hydrogen) atoms. The molecule has 1 atom stereocenters. The number of hydrogen-bond acceptors (Lipinski definition) is 3. The molecule has 1 amide bonds. The minimum Gasteiger partial charge on any atom is -0.345 e. The fourth-order valence-corrected chi connectivity index (χ4v) is 2.58. The maximum atomic E-state index is 12.3. The lowest BCUT2D eigenvalue weighted by molar-refractivity contribution is -0.117. The van der Waals surface area contributed by atoms with Crippen LogP contribution in [0.4, 0.5) is 0 Å². The third-order valence-corrected chi connectivity index (χ3v) is 3.84. The summed E-state index contributed by atoms with van der Waals surface area (Å²) in [6.07, 6.45) is 1.48. The summed E-state index contributed by atoms with van der Waals surface area (Å²) in [5, 5.41) is 12.1. The Hall–Kier alpha value is -2.45. The first kappa shape index (κ1) is 16.9. The van der Waals surface area contributed by atoms with Gasteiger partial charge in [-0.1, -0.05) is 30.3 Å². The van der Waals surface area contributed by atoms with Crippen LogP contribution in [0, 0.1) is 18.3 Å². The van der Waals surface area contributed by atoms with E-state index in [1.54, 1.807) is 18.2 Å². The van der Waals surface area contributed by atoms with E-state index in [4.69, 9.17) is 0 Å². The van der Waals surface area contributed by atoms with Crippen molar-refractivity contribution in [2.24, 2.45) is 0 Å². The molecule has 1 N–H and O–H groups in total. The molecule has 0 saturated carbocycles. The van der Waals surface area contributed by atoms with E-state index in [9.17, 15) is 10.1 Å². The Morgan fingerprint density at radius 2 is 2.04 bits per heavy atom. The van der Waals surface area contributed by atoms with Crippen molar-refractivity contribution in [1.82, 2.24) is 10.3 Å². The zero-order chi connectivity index (χ0) is 16.8. The maximum Gasteiger partial charge on any atom is 0.262 e. The van der Waals surface area contributed by atoms with Gasteiger partial charge in [-0.3, -0.25) is 4.79 Å². The van der Waals surface area contributed by atoms with Crippen LogP contribution in [0.25, 0.3) is 6.08 Å². The Labute approximate surface area is 144 Å². The monoisotopic (exact) mass is 369 g/mol. The van der Waals surface area contributed by atoms with Crippen LogP contribution in [-0.2, 0) is 4.79 Å². The molecule has 1 aromatic carbocycles. The number of hydrogen-bond donors (Lipinski definition) is 1. The largest absolute Gasteiger partial charge is 0.345 e. The molecule has 0 aliphatic carbocycles. The fraction of sp³-hybridized carbons (Fsp3) is 0.167. The van der Waals surface area contributed by atoms with Crippen molar-refractivity contribution in [2.75, 3.05) is 0 Å². The zero-order valence-electron chi connectivity index (χ0n) is 12.9. The Balaban J connectivity index is 2.18. The second-order valence-electron chi connectivity index (χ2n) is 5.11. The molecule has 116 valence electrons. The van der Waals surface area contributed by atoms with Gasteiger partial charge in [0.1, 0.15) is 16.2 Å². The van der Waals surface area contributed by atoms with E-state index < -0.39 is 5.91 Å².